The molecule has 0 spiro atoms. The standard InChI is InChI=1S/C15H8O4/c16-15-6-5-9-7-13-14(8-12(9)19-15)18-11-4-2-1-3-10(11)17-13/h1-8H. The van der Waals surface area contributed by atoms with E-state index in [2.05, 4.69) is 0 Å². The van der Waals surface area contributed by atoms with Gasteiger partial charge in [0.1, 0.15) is 5.58 Å². The molecule has 0 amide bonds. The van der Waals surface area contributed by atoms with Gasteiger partial charge in [0.2, 0.25) is 0 Å². The third-order valence-corrected chi connectivity index (χ3v) is 2.97. The maximum absolute atomic E-state index is 11.2. The van der Waals surface area contributed by atoms with Gasteiger partial charge >= 0.3 is 5.63 Å². The highest BCUT2D eigenvalue weighted by atomic mass is 16.6. The monoisotopic (exact) mass is 252 g/mol. The molecule has 1 aromatic heterocycles. The molecule has 3 aromatic rings. The van der Waals surface area contributed by atoms with Crippen LogP contribution in [0.1, 0.15) is 0 Å². The fourth-order valence-electron chi connectivity index (χ4n) is 2.09. The van der Waals surface area contributed by atoms with E-state index in [1.807, 2.05) is 24.3 Å². The van der Waals surface area contributed by atoms with Crippen molar-refractivity contribution in [3.05, 3.63) is 59.0 Å². The molecule has 2 heterocycles. The molecule has 1 aliphatic heterocycles. The summed E-state index contributed by atoms with van der Waals surface area (Å²) in [5.41, 5.74) is 0.0961. The molecule has 0 saturated carbocycles. The third kappa shape index (κ3) is 1.57. The molecule has 0 fully saturated rings. The van der Waals surface area contributed by atoms with Gasteiger partial charge in [-0.25, -0.2) is 4.79 Å². The van der Waals surface area contributed by atoms with Crippen LogP contribution in [0.2, 0.25) is 0 Å². The largest absolute Gasteiger partial charge is 0.449 e. The molecule has 0 atom stereocenters. The summed E-state index contributed by atoms with van der Waals surface area (Å²) in [7, 11) is 0. The molecular formula is C15H8O4. The second-order valence-corrected chi connectivity index (χ2v) is 4.24. The van der Waals surface area contributed by atoms with E-state index < -0.39 is 0 Å². The molecule has 92 valence electrons. The Hall–Kier alpha value is -2.75. The zero-order valence-corrected chi connectivity index (χ0v) is 9.75. The van der Waals surface area contributed by atoms with Gasteiger partial charge in [-0.3, -0.25) is 0 Å². The number of rotatable bonds is 0. The van der Waals surface area contributed by atoms with Gasteiger partial charge in [0.15, 0.2) is 23.0 Å². The van der Waals surface area contributed by atoms with Gasteiger partial charge in [0, 0.05) is 17.5 Å². The van der Waals surface area contributed by atoms with Crippen LogP contribution in [0.4, 0.5) is 0 Å². The number of ether oxygens (including phenoxy) is 2. The summed E-state index contributed by atoms with van der Waals surface area (Å²) in [5, 5.41) is 0.793. The fourth-order valence-corrected chi connectivity index (χ4v) is 2.09. The average Bonchev–Trinajstić information content (AvgIpc) is 2.43. The average molecular weight is 252 g/mol. The lowest BCUT2D eigenvalue weighted by Gasteiger charge is -2.20. The molecule has 0 radical (unpaired) electrons. The van der Waals surface area contributed by atoms with Crippen LogP contribution in [0.25, 0.3) is 11.0 Å². The van der Waals surface area contributed by atoms with Crippen LogP contribution in [0.15, 0.2) is 57.7 Å². The summed E-state index contributed by atoms with van der Waals surface area (Å²) >= 11 is 0. The van der Waals surface area contributed by atoms with Crippen molar-refractivity contribution in [2.45, 2.75) is 0 Å². The van der Waals surface area contributed by atoms with Gasteiger partial charge in [0.25, 0.3) is 0 Å². The maximum Gasteiger partial charge on any atom is 0.336 e. The van der Waals surface area contributed by atoms with E-state index in [4.69, 9.17) is 13.9 Å². The van der Waals surface area contributed by atoms with E-state index in [-0.39, 0.29) is 5.63 Å². The summed E-state index contributed by atoms with van der Waals surface area (Å²) in [6.45, 7) is 0. The van der Waals surface area contributed by atoms with Crippen molar-refractivity contribution in [1.82, 2.24) is 0 Å². The molecule has 19 heavy (non-hydrogen) atoms. The van der Waals surface area contributed by atoms with E-state index in [1.54, 1.807) is 18.2 Å². The summed E-state index contributed by atoms with van der Waals surface area (Å²) < 4.78 is 16.6. The smallest absolute Gasteiger partial charge is 0.336 e. The highest BCUT2D eigenvalue weighted by molar-refractivity contribution is 5.81. The lowest BCUT2D eigenvalue weighted by Crippen LogP contribution is -2.00. The van der Waals surface area contributed by atoms with Gasteiger partial charge in [-0.2, -0.15) is 0 Å². The molecule has 0 aliphatic carbocycles. The van der Waals surface area contributed by atoms with E-state index >= 15 is 0 Å². The lowest BCUT2D eigenvalue weighted by atomic mass is 10.2. The van der Waals surface area contributed by atoms with Gasteiger partial charge in [-0.1, -0.05) is 12.1 Å². The summed E-state index contributed by atoms with van der Waals surface area (Å²) in [6.07, 6.45) is 0. The van der Waals surface area contributed by atoms with Crippen molar-refractivity contribution in [3.8, 4) is 23.0 Å². The Labute approximate surface area is 107 Å². The van der Waals surface area contributed by atoms with Crippen LogP contribution in [-0.4, -0.2) is 0 Å². The highest BCUT2D eigenvalue weighted by Gasteiger charge is 2.19. The molecular weight excluding hydrogens is 244 g/mol. The van der Waals surface area contributed by atoms with Crippen LogP contribution < -0.4 is 15.1 Å². The summed E-state index contributed by atoms with van der Waals surface area (Å²) in [5.74, 6) is 2.47. The summed E-state index contributed by atoms with van der Waals surface area (Å²) in [6, 6.07) is 14.0. The zero-order valence-electron chi connectivity index (χ0n) is 9.75. The predicted molar refractivity (Wildman–Crippen MR) is 69.1 cm³/mol. The molecule has 0 saturated heterocycles. The van der Waals surface area contributed by atoms with Crippen molar-refractivity contribution >= 4 is 11.0 Å². The van der Waals surface area contributed by atoms with Gasteiger partial charge in [0.05, 0.1) is 0 Å². The lowest BCUT2D eigenvalue weighted by molar-refractivity contribution is 0.359. The van der Waals surface area contributed by atoms with Gasteiger partial charge in [-0.05, 0) is 24.3 Å². The van der Waals surface area contributed by atoms with Gasteiger partial charge in [-0.15, -0.1) is 0 Å². The second kappa shape index (κ2) is 3.62. The first-order valence-corrected chi connectivity index (χ1v) is 5.82. The predicted octanol–water partition coefficient (Wildman–Crippen LogP) is 3.69. The van der Waals surface area contributed by atoms with Crippen LogP contribution >= 0.6 is 0 Å². The second-order valence-electron chi connectivity index (χ2n) is 4.24. The SMILES string of the molecule is O=c1ccc2cc3c(cc2o1)Oc1ccccc1O3. The molecule has 1 aliphatic rings. The fraction of sp³-hybridized carbons (Fsp3) is 0. The Kier molecular flexibility index (Phi) is 1.94. The van der Waals surface area contributed by atoms with Crippen molar-refractivity contribution in [3.63, 3.8) is 0 Å². The highest BCUT2D eigenvalue weighted by Crippen LogP contribution is 2.46. The van der Waals surface area contributed by atoms with Crippen molar-refractivity contribution in [2.75, 3.05) is 0 Å². The molecule has 4 nitrogen and oxygen atoms in total. The molecule has 0 unspecified atom stereocenters. The first-order chi connectivity index (χ1) is 9.29. The number of para-hydroxylation sites is 2. The Morgan fingerprint density at radius 1 is 0.737 bits per heavy atom. The number of hydrogen-bond acceptors (Lipinski definition) is 4. The number of hydrogen-bond donors (Lipinski definition) is 0. The molecule has 0 bridgehead atoms. The van der Waals surface area contributed by atoms with E-state index in [0.717, 1.165) is 5.39 Å². The number of benzene rings is 2. The Morgan fingerprint density at radius 2 is 1.42 bits per heavy atom. The minimum absolute atomic E-state index is 0.385. The Bertz CT molecular complexity index is 848. The molecule has 0 N–H and O–H groups in total. The molecule has 2 aromatic carbocycles. The van der Waals surface area contributed by atoms with Crippen LogP contribution in [0.3, 0.4) is 0 Å². The summed E-state index contributed by atoms with van der Waals surface area (Å²) in [4.78, 5) is 11.2. The van der Waals surface area contributed by atoms with Crippen molar-refractivity contribution in [1.29, 1.82) is 0 Å². The minimum Gasteiger partial charge on any atom is -0.449 e. The van der Waals surface area contributed by atoms with Crippen molar-refractivity contribution in [2.24, 2.45) is 0 Å². The Morgan fingerprint density at radius 3 is 2.16 bits per heavy atom. The molecule has 4 heteroatoms. The zero-order chi connectivity index (χ0) is 12.8. The van der Waals surface area contributed by atoms with E-state index in [1.165, 1.54) is 6.07 Å². The van der Waals surface area contributed by atoms with Crippen LogP contribution in [-0.2, 0) is 0 Å². The first-order valence-electron chi connectivity index (χ1n) is 5.82. The Balaban J connectivity index is 1.94. The number of fused-ring (bicyclic) bond motifs is 3. The van der Waals surface area contributed by atoms with Crippen LogP contribution in [0.5, 0.6) is 23.0 Å². The van der Waals surface area contributed by atoms with E-state index in [9.17, 15) is 4.79 Å². The minimum atomic E-state index is -0.385. The van der Waals surface area contributed by atoms with E-state index in [0.29, 0.717) is 28.6 Å². The van der Waals surface area contributed by atoms with Crippen molar-refractivity contribution < 1.29 is 13.9 Å². The van der Waals surface area contributed by atoms with Crippen LogP contribution in [0, 0.1) is 0 Å². The normalized spacial score (nSPS) is 12.2. The topological polar surface area (TPSA) is 48.7 Å². The van der Waals surface area contributed by atoms with Gasteiger partial charge < -0.3 is 13.9 Å². The molecule has 4 rings (SSSR count). The third-order valence-electron chi connectivity index (χ3n) is 2.97. The quantitative estimate of drug-likeness (QED) is 0.448. The maximum atomic E-state index is 11.2. The first kappa shape index (κ1) is 10.2.